The molecule has 2 heterocycles. The van der Waals surface area contributed by atoms with E-state index in [9.17, 15) is 17.8 Å². The summed E-state index contributed by atoms with van der Waals surface area (Å²) in [6.07, 6.45) is 13.3. The molecule has 0 aromatic heterocycles. The van der Waals surface area contributed by atoms with Gasteiger partial charge in [-0.3, -0.25) is 4.79 Å². The SMILES string of the molecule is C.CCN1C(=CC=CC=CC2=[N+](CCCCCC(=O)O)c3ccc(C)cc3C2(C)C)C(C)(CCOCCOCCOCCOCCOCCOCCOCCOCCOCCOCCOC)c2cc(S(=O)(=O)[O-])ccc21.CC[NH+](CC)CC. The molecule has 83 heavy (non-hydrogen) atoms. The molecule has 2 aromatic carbocycles. The summed E-state index contributed by atoms with van der Waals surface area (Å²) in [5.74, 6) is -0.766. The molecular weight excluding hydrogens is 1090 g/mol. The number of anilines is 1. The van der Waals surface area contributed by atoms with Crippen LogP contribution in [0.25, 0.3) is 0 Å². The molecular formula is C63H106N3O16S+. The van der Waals surface area contributed by atoms with Gasteiger partial charge >= 0.3 is 5.97 Å². The van der Waals surface area contributed by atoms with Crippen molar-refractivity contribution >= 4 is 33.2 Å². The number of hydrogen-bond donors (Lipinski definition) is 2. The van der Waals surface area contributed by atoms with Crippen molar-refractivity contribution in [2.24, 2.45) is 0 Å². The Hall–Kier alpha value is -3.97. The van der Waals surface area contributed by atoms with Crippen molar-refractivity contribution in [3.8, 4) is 0 Å². The largest absolute Gasteiger partial charge is 0.744 e. The highest BCUT2D eigenvalue weighted by Gasteiger charge is 2.45. The molecule has 2 N–H and O–H groups in total. The fourth-order valence-corrected chi connectivity index (χ4v) is 10.1. The summed E-state index contributed by atoms with van der Waals surface area (Å²) in [6, 6.07) is 11.2. The third-order valence-electron chi connectivity index (χ3n) is 14.4. The van der Waals surface area contributed by atoms with Gasteiger partial charge in [0, 0.05) is 67.6 Å². The van der Waals surface area contributed by atoms with Gasteiger partial charge in [0.15, 0.2) is 5.71 Å². The van der Waals surface area contributed by atoms with Crippen LogP contribution in [0.4, 0.5) is 11.4 Å². The molecule has 2 aliphatic rings. The normalized spacial score (nSPS) is 16.1. The molecule has 1 atom stereocenters. The molecule has 4 rings (SSSR count). The van der Waals surface area contributed by atoms with Gasteiger partial charge < -0.3 is 71.6 Å². The minimum Gasteiger partial charge on any atom is -0.744 e. The highest BCUT2D eigenvalue weighted by Crippen LogP contribution is 2.50. The number of hydrogen-bond acceptors (Lipinski definition) is 16. The number of nitrogens with zero attached hydrogens (tertiary/aromatic N) is 2. The molecule has 0 radical (unpaired) electrons. The van der Waals surface area contributed by atoms with Crippen molar-refractivity contribution in [2.45, 2.75) is 111 Å². The summed E-state index contributed by atoms with van der Waals surface area (Å²) in [6.45, 7) is 32.4. The highest BCUT2D eigenvalue weighted by atomic mass is 32.2. The third-order valence-corrected chi connectivity index (χ3v) is 15.2. The lowest BCUT2D eigenvalue weighted by atomic mass is 9.78. The topological polar surface area (TPSA) is 207 Å². The lowest BCUT2D eigenvalue weighted by Gasteiger charge is -2.30. The van der Waals surface area contributed by atoms with E-state index in [1.54, 1.807) is 18.1 Å². The Balaban J connectivity index is 0.00000275. The summed E-state index contributed by atoms with van der Waals surface area (Å²) < 4.78 is 99.7. The van der Waals surface area contributed by atoms with E-state index in [0.29, 0.717) is 158 Å². The fourth-order valence-electron chi connectivity index (χ4n) is 9.65. The maximum atomic E-state index is 12.2. The van der Waals surface area contributed by atoms with Crippen molar-refractivity contribution in [2.75, 3.05) is 183 Å². The number of aryl methyl sites for hydroxylation is 1. The Morgan fingerprint density at radius 1 is 0.627 bits per heavy atom. The second kappa shape index (κ2) is 43.6. The highest BCUT2D eigenvalue weighted by molar-refractivity contribution is 7.85. The Kier molecular flexibility index (Phi) is 39.5. The van der Waals surface area contributed by atoms with E-state index in [2.05, 4.69) is 88.3 Å². The summed E-state index contributed by atoms with van der Waals surface area (Å²) in [7, 11) is -3.04. The monoisotopic (exact) mass is 1190 g/mol. The van der Waals surface area contributed by atoms with E-state index in [0.717, 1.165) is 36.3 Å². The summed E-state index contributed by atoms with van der Waals surface area (Å²) in [5, 5.41) is 9.12. The first-order valence-electron chi connectivity index (χ1n) is 29.6. The quantitative estimate of drug-likeness (QED) is 0.0285. The number of carboxylic acid groups (broad SMARTS) is 1. The first-order valence-corrected chi connectivity index (χ1v) is 31.0. The van der Waals surface area contributed by atoms with Crippen LogP contribution in [0.3, 0.4) is 0 Å². The Morgan fingerprint density at radius 3 is 1.52 bits per heavy atom. The van der Waals surface area contributed by atoms with Gasteiger partial charge in [-0.25, -0.2) is 8.42 Å². The average molecular weight is 1190 g/mol. The second-order valence-electron chi connectivity index (χ2n) is 20.6. The Labute approximate surface area is 498 Å². The van der Waals surface area contributed by atoms with Crippen molar-refractivity contribution in [3.05, 3.63) is 89.2 Å². The van der Waals surface area contributed by atoms with Gasteiger partial charge in [0.05, 0.1) is 162 Å². The molecule has 0 saturated carbocycles. The second-order valence-corrected chi connectivity index (χ2v) is 21.9. The van der Waals surface area contributed by atoms with Gasteiger partial charge in [0.2, 0.25) is 5.69 Å². The molecule has 0 aliphatic carbocycles. The summed E-state index contributed by atoms with van der Waals surface area (Å²) in [4.78, 5) is 14.7. The van der Waals surface area contributed by atoms with E-state index >= 15 is 0 Å². The van der Waals surface area contributed by atoms with Crippen LogP contribution in [0.1, 0.15) is 105 Å². The zero-order chi connectivity index (χ0) is 59.9. The molecule has 2 aromatic rings. The summed E-state index contributed by atoms with van der Waals surface area (Å²) >= 11 is 0. The van der Waals surface area contributed by atoms with Crippen molar-refractivity contribution < 1.29 is 84.5 Å². The van der Waals surface area contributed by atoms with Gasteiger partial charge in [0.25, 0.3) is 0 Å². The van der Waals surface area contributed by atoms with E-state index in [1.165, 1.54) is 54.3 Å². The zero-order valence-corrected chi connectivity index (χ0v) is 52.0. The molecule has 0 fully saturated rings. The number of rotatable bonds is 47. The zero-order valence-electron chi connectivity index (χ0n) is 51.1. The van der Waals surface area contributed by atoms with Crippen molar-refractivity contribution in [1.82, 2.24) is 0 Å². The van der Waals surface area contributed by atoms with Crippen LogP contribution in [0.15, 0.2) is 77.4 Å². The number of benzene rings is 2. The number of nitrogens with one attached hydrogen (secondary N) is 1. The van der Waals surface area contributed by atoms with Gasteiger partial charge in [-0.15, -0.1) is 0 Å². The van der Waals surface area contributed by atoms with Crippen LogP contribution in [-0.4, -0.2) is 213 Å². The number of unbranched alkanes of at least 4 members (excludes halogenated alkanes) is 2. The molecule has 2 aliphatic heterocycles. The maximum Gasteiger partial charge on any atom is 0.303 e. The molecule has 0 bridgehead atoms. The van der Waals surface area contributed by atoms with Crippen molar-refractivity contribution in [1.29, 1.82) is 0 Å². The van der Waals surface area contributed by atoms with Gasteiger partial charge in [-0.1, -0.05) is 37.3 Å². The van der Waals surface area contributed by atoms with E-state index < -0.39 is 21.5 Å². The predicted molar refractivity (Wildman–Crippen MR) is 325 cm³/mol. The standard InChI is InChI=1S/C56H86N2O16S.C6H15N.CH4/c1-7-57-51-20-18-47(75(61,62)63)45-49(51)56(5,53(57)15-11-8-10-14-52-55(3,4)48-44-46(2)17-19-50(48)58(52)22-13-9-12-16-54(59)60)21-23-65-26-27-67-30-31-69-34-35-71-38-39-73-42-43-74-41-40-72-37-36-70-33-32-68-29-28-66-25-24-64-6;1-4-7(5-2)6-3;/h8,10-11,14-15,17-20,44-45H,7,9,12-13,16,21-43H2,1-6H3,(H-,59,60,61,62,63);4-6H2,1-3H3;1H4/p+1. The van der Waals surface area contributed by atoms with Crippen molar-refractivity contribution in [3.63, 3.8) is 0 Å². The van der Waals surface area contributed by atoms with Crippen LogP contribution in [0.2, 0.25) is 0 Å². The van der Waals surface area contributed by atoms with E-state index in [1.807, 2.05) is 25.2 Å². The maximum absolute atomic E-state index is 12.2. The number of quaternary nitrogens is 1. The van der Waals surface area contributed by atoms with Crippen LogP contribution in [0, 0.1) is 6.92 Å². The lowest BCUT2D eigenvalue weighted by Crippen LogP contribution is -3.11. The number of methoxy groups -OCH3 is 1. The molecule has 474 valence electrons. The minimum absolute atomic E-state index is 0. The average Bonchev–Trinajstić information content (AvgIpc) is 3.08. The Morgan fingerprint density at radius 2 is 1.10 bits per heavy atom. The number of fused-ring (bicyclic) bond motifs is 2. The van der Waals surface area contributed by atoms with Crippen LogP contribution < -0.4 is 9.80 Å². The van der Waals surface area contributed by atoms with Crippen LogP contribution in [-0.2, 0) is 77.8 Å². The molecule has 0 spiro atoms. The predicted octanol–water partition coefficient (Wildman–Crippen LogP) is 7.48. The number of ether oxygens (including phenoxy) is 11. The lowest BCUT2D eigenvalue weighted by molar-refractivity contribution is -0.894. The fraction of sp³-hybridized carbons (Fsp3) is 0.683. The summed E-state index contributed by atoms with van der Waals surface area (Å²) in [5.41, 5.74) is 6.49. The first kappa shape index (κ1) is 75.1. The van der Waals surface area contributed by atoms with E-state index in [4.69, 9.17) is 57.2 Å². The number of carbonyl (C=O) groups is 1. The van der Waals surface area contributed by atoms with Gasteiger partial charge in [-0.05, 0) is 111 Å². The molecule has 0 saturated heterocycles. The number of allylic oxidation sites excluding steroid dienone is 6. The number of carboxylic acids is 1. The number of aliphatic carboxylic acids is 1. The van der Waals surface area contributed by atoms with Crippen LogP contribution >= 0.6 is 0 Å². The molecule has 20 heteroatoms. The first-order chi connectivity index (χ1) is 39.6. The molecule has 1 unspecified atom stereocenters. The van der Waals surface area contributed by atoms with Crippen LogP contribution in [0.5, 0.6) is 0 Å². The third kappa shape index (κ3) is 28.0. The number of likely N-dealkylation sites (N-methyl/N-ethyl adjacent to an activating group) is 1. The van der Waals surface area contributed by atoms with E-state index in [-0.39, 0.29) is 24.2 Å². The molecule has 19 nitrogen and oxygen atoms in total. The smallest absolute Gasteiger partial charge is 0.303 e. The van der Waals surface area contributed by atoms with Gasteiger partial charge in [0.1, 0.15) is 16.7 Å². The van der Waals surface area contributed by atoms with Gasteiger partial charge in [-0.2, -0.15) is 4.58 Å². The molecule has 0 amide bonds. The Bertz CT molecular complexity index is 2320. The minimum atomic E-state index is -4.68.